The molecule has 0 radical (unpaired) electrons. The molecule has 20 heavy (non-hydrogen) atoms. The molecule has 1 aromatic carbocycles. The molecule has 0 aromatic heterocycles. The van der Waals surface area contributed by atoms with Crippen molar-refractivity contribution in [1.29, 1.82) is 0 Å². The lowest BCUT2D eigenvalue weighted by atomic mass is 9.87. The van der Waals surface area contributed by atoms with Gasteiger partial charge in [0.25, 0.3) is 0 Å². The first kappa shape index (κ1) is 15.9. The van der Waals surface area contributed by atoms with Crippen LogP contribution in [0.2, 0.25) is 0 Å². The molecule has 1 aliphatic rings. The van der Waals surface area contributed by atoms with Crippen LogP contribution < -0.4 is 5.73 Å². The third-order valence-electron chi connectivity index (χ3n) is 4.60. The molecule has 1 aliphatic heterocycles. The van der Waals surface area contributed by atoms with Gasteiger partial charge in [0.15, 0.2) is 0 Å². The largest absolute Gasteiger partial charge is 0.329 e. The zero-order chi connectivity index (χ0) is 14.6. The monoisotopic (exact) mass is 292 g/mol. The molecular formula is C17H28N2S. The van der Waals surface area contributed by atoms with Gasteiger partial charge in [0.2, 0.25) is 0 Å². The third-order valence-corrected chi connectivity index (χ3v) is 5.35. The van der Waals surface area contributed by atoms with Crippen molar-refractivity contribution in [3.05, 3.63) is 29.8 Å². The predicted molar refractivity (Wildman–Crippen MR) is 89.4 cm³/mol. The van der Waals surface area contributed by atoms with E-state index in [1.807, 2.05) is 0 Å². The molecule has 2 N–H and O–H groups in total. The lowest BCUT2D eigenvalue weighted by Gasteiger charge is -2.45. The molecule has 2 unspecified atom stereocenters. The van der Waals surface area contributed by atoms with E-state index in [0.29, 0.717) is 0 Å². The van der Waals surface area contributed by atoms with Crippen molar-refractivity contribution in [3.63, 3.8) is 0 Å². The summed E-state index contributed by atoms with van der Waals surface area (Å²) in [5, 5.41) is 0. The minimum absolute atomic E-state index is 0.0928. The zero-order valence-electron chi connectivity index (χ0n) is 13.1. The SMILES string of the molecule is CSc1ccc(CC(C)(CN)N2CCCC(C)C2)cc1. The van der Waals surface area contributed by atoms with Crippen LogP contribution in [0, 0.1) is 5.92 Å². The Morgan fingerprint density at radius 2 is 2.05 bits per heavy atom. The molecule has 0 spiro atoms. The fraction of sp³-hybridized carbons (Fsp3) is 0.647. The normalized spacial score (nSPS) is 23.5. The van der Waals surface area contributed by atoms with Crippen LogP contribution in [0.3, 0.4) is 0 Å². The summed E-state index contributed by atoms with van der Waals surface area (Å²) in [6.45, 7) is 7.80. The number of nitrogens with zero attached hydrogens (tertiary/aromatic N) is 1. The Bertz CT molecular complexity index is 418. The summed E-state index contributed by atoms with van der Waals surface area (Å²) in [6.07, 6.45) is 5.83. The fourth-order valence-electron chi connectivity index (χ4n) is 3.18. The molecule has 1 heterocycles. The van der Waals surface area contributed by atoms with Crippen LogP contribution in [0.15, 0.2) is 29.2 Å². The summed E-state index contributed by atoms with van der Waals surface area (Å²) >= 11 is 1.79. The maximum atomic E-state index is 6.14. The average Bonchev–Trinajstić information content (AvgIpc) is 2.48. The summed E-state index contributed by atoms with van der Waals surface area (Å²) in [5.41, 5.74) is 7.63. The van der Waals surface area contributed by atoms with Crippen molar-refractivity contribution in [2.45, 2.75) is 43.5 Å². The van der Waals surface area contributed by atoms with Crippen molar-refractivity contribution in [2.75, 3.05) is 25.9 Å². The first-order valence-electron chi connectivity index (χ1n) is 7.65. The number of piperidine rings is 1. The molecule has 0 amide bonds. The third kappa shape index (κ3) is 3.78. The number of hydrogen-bond acceptors (Lipinski definition) is 3. The molecule has 112 valence electrons. The highest BCUT2D eigenvalue weighted by Crippen LogP contribution is 2.27. The van der Waals surface area contributed by atoms with E-state index in [1.54, 1.807) is 11.8 Å². The van der Waals surface area contributed by atoms with Gasteiger partial charge in [-0.25, -0.2) is 0 Å². The van der Waals surface area contributed by atoms with Crippen LogP contribution in [0.25, 0.3) is 0 Å². The summed E-state index contributed by atoms with van der Waals surface area (Å²) in [7, 11) is 0. The van der Waals surface area contributed by atoms with E-state index >= 15 is 0 Å². The first-order valence-corrected chi connectivity index (χ1v) is 8.88. The second-order valence-electron chi connectivity index (χ2n) is 6.42. The fourth-order valence-corrected chi connectivity index (χ4v) is 3.58. The highest BCUT2D eigenvalue weighted by atomic mass is 32.2. The van der Waals surface area contributed by atoms with Crippen LogP contribution in [-0.2, 0) is 6.42 Å². The van der Waals surface area contributed by atoms with Crippen LogP contribution in [0.4, 0.5) is 0 Å². The molecule has 2 nitrogen and oxygen atoms in total. The molecule has 0 bridgehead atoms. The predicted octanol–water partition coefficient (Wildman–Crippen LogP) is 3.40. The maximum Gasteiger partial charge on any atom is 0.0343 e. The summed E-state index contributed by atoms with van der Waals surface area (Å²) in [6, 6.07) is 8.95. The number of hydrogen-bond donors (Lipinski definition) is 1. The molecule has 2 atom stereocenters. The number of thioether (sulfide) groups is 1. The summed E-state index contributed by atoms with van der Waals surface area (Å²) in [5.74, 6) is 0.800. The van der Waals surface area contributed by atoms with E-state index in [-0.39, 0.29) is 5.54 Å². The van der Waals surface area contributed by atoms with E-state index in [4.69, 9.17) is 5.73 Å². The Kier molecular flexibility index (Phi) is 5.53. The lowest BCUT2D eigenvalue weighted by molar-refractivity contribution is 0.0641. The molecule has 0 aliphatic carbocycles. The van der Waals surface area contributed by atoms with Gasteiger partial charge < -0.3 is 5.73 Å². The van der Waals surface area contributed by atoms with Crippen molar-refractivity contribution in [3.8, 4) is 0 Å². The number of nitrogens with two attached hydrogens (primary N) is 1. The molecule has 1 saturated heterocycles. The Hall–Kier alpha value is -0.510. The van der Waals surface area contributed by atoms with Crippen LogP contribution >= 0.6 is 11.8 Å². The van der Waals surface area contributed by atoms with Gasteiger partial charge in [0.1, 0.15) is 0 Å². The standard InChI is InChI=1S/C17H28N2S/c1-14-5-4-10-19(12-14)17(2,13-18)11-15-6-8-16(20-3)9-7-15/h6-9,14H,4-5,10-13,18H2,1-3H3. The van der Waals surface area contributed by atoms with Crippen molar-refractivity contribution >= 4 is 11.8 Å². The van der Waals surface area contributed by atoms with E-state index < -0.39 is 0 Å². The minimum Gasteiger partial charge on any atom is -0.329 e. The van der Waals surface area contributed by atoms with Crippen molar-refractivity contribution in [1.82, 2.24) is 4.90 Å². The topological polar surface area (TPSA) is 29.3 Å². The van der Waals surface area contributed by atoms with Crippen LogP contribution in [0.1, 0.15) is 32.3 Å². The minimum atomic E-state index is 0.0928. The summed E-state index contributed by atoms with van der Waals surface area (Å²) < 4.78 is 0. The highest BCUT2D eigenvalue weighted by Gasteiger charge is 2.33. The second kappa shape index (κ2) is 6.97. The number of benzene rings is 1. The van der Waals surface area contributed by atoms with E-state index in [2.05, 4.69) is 49.3 Å². The molecule has 2 rings (SSSR count). The second-order valence-corrected chi connectivity index (χ2v) is 7.30. The first-order chi connectivity index (χ1) is 9.57. The van der Waals surface area contributed by atoms with Gasteiger partial charge in [-0.2, -0.15) is 0 Å². The highest BCUT2D eigenvalue weighted by molar-refractivity contribution is 7.98. The van der Waals surface area contributed by atoms with Gasteiger partial charge in [-0.05, 0) is 62.6 Å². The lowest BCUT2D eigenvalue weighted by Crippen LogP contribution is -2.56. The Labute approximate surface area is 128 Å². The maximum absolute atomic E-state index is 6.14. The van der Waals surface area contributed by atoms with Crippen LogP contribution in [0.5, 0.6) is 0 Å². The van der Waals surface area contributed by atoms with E-state index in [9.17, 15) is 0 Å². The number of rotatable bonds is 5. The smallest absolute Gasteiger partial charge is 0.0343 e. The van der Waals surface area contributed by atoms with Crippen molar-refractivity contribution in [2.24, 2.45) is 11.7 Å². The van der Waals surface area contributed by atoms with Gasteiger partial charge in [0.05, 0.1) is 0 Å². The Morgan fingerprint density at radius 3 is 2.60 bits per heavy atom. The number of likely N-dealkylation sites (tertiary alicyclic amines) is 1. The van der Waals surface area contributed by atoms with Gasteiger partial charge >= 0.3 is 0 Å². The molecule has 1 aromatic rings. The van der Waals surface area contributed by atoms with Gasteiger partial charge in [-0.1, -0.05) is 19.1 Å². The van der Waals surface area contributed by atoms with Crippen LogP contribution in [-0.4, -0.2) is 36.3 Å². The molecule has 0 saturated carbocycles. The van der Waals surface area contributed by atoms with Gasteiger partial charge in [0, 0.05) is 23.5 Å². The molecule has 1 fully saturated rings. The average molecular weight is 292 g/mol. The zero-order valence-corrected chi connectivity index (χ0v) is 13.9. The summed E-state index contributed by atoms with van der Waals surface area (Å²) in [4.78, 5) is 3.94. The van der Waals surface area contributed by atoms with Crippen molar-refractivity contribution < 1.29 is 0 Å². The molecular weight excluding hydrogens is 264 g/mol. The van der Waals surface area contributed by atoms with Gasteiger partial charge in [-0.3, -0.25) is 4.90 Å². The van der Waals surface area contributed by atoms with Gasteiger partial charge in [-0.15, -0.1) is 11.8 Å². The van der Waals surface area contributed by atoms with E-state index in [0.717, 1.165) is 18.9 Å². The Balaban J connectivity index is 2.09. The quantitative estimate of drug-likeness (QED) is 0.843. The van der Waals surface area contributed by atoms with E-state index in [1.165, 1.54) is 36.4 Å². The molecule has 3 heteroatoms. The Morgan fingerprint density at radius 1 is 1.35 bits per heavy atom.